The van der Waals surface area contributed by atoms with Crippen molar-refractivity contribution in [3.63, 3.8) is 0 Å². The molecule has 0 spiro atoms. The van der Waals surface area contributed by atoms with Gasteiger partial charge in [-0.1, -0.05) is 12.2 Å². The predicted octanol–water partition coefficient (Wildman–Crippen LogP) is 5.64. The molecule has 2 atom stereocenters. The highest BCUT2D eigenvalue weighted by molar-refractivity contribution is 5.82. The normalized spacial score (nSPS) is 12.4. The fourth-order valence-electron chi connectivity index (χ4n) is 3.94. The second kappa shape index (κ2) is 14.3. The zero-order valence-electron chi connectivity index (χ0n) is 21.6. The molecular formula is C29H35F2NO5. The van der Waals surface area contributed by atoms with Crippen LogP contribution in [0.2, 0.25) is 0 Å². The van der Waals surface area contributed by atoms with E-state index in [2.05, 4.69) is 18.5 Å². The van der Waals surface area contributed by atoms with Crippen LogP contribution in [0.15, 0.2) is 49.6 Å². The molecule has 0 aliphatic heterocycles. The van der Waals surface area contributed by atoms with Crippen LogP contribution in [0.25, 0.3) is 11.1 Å². The molecule has 0 aliphatic carbocycles. The van der Waals surface area contributed by atoms with Gasteiger partial charge in [0.2, 0.25) is 5.91 Å². The highest BCUT2D eigenvalue weighted by Crippen LogP contribution is 2.38. The number of hydrogen-bond donors (Lipinski definition) is 2. The molecule has 2 rings (SSSR count). The second-order valence-corrected chi connectivity index (χ2v) is 8.67. The van der Waals surface area contributed by atoms with Gasteiger partial charge in [-0.2, -0.15) is 0 Å². The molecule has 0 saturated heterocycles. The van der Waals surface area contributed by atoms with Crippen LogP contribution in [0, 0.1) is 25.5 Å². The van der Waals surface area contributed by atoms with Crippen LogP contribution in [0.1, 0.15) is 55.3 Å². The molecule has 0 aliphatic rings. The summed E-state index contributed by atoms with van der Waals surface area (Å²) in [6.07, 6.45) is 2.61. The molecule has 2 aromatic carbocycles. The summed E-state index contributed by atoms with van der Waals surface area (Å²) >= 11 is 0. The first kappa shape index (κ1) is 29.7. The summed E-state index contributed by atoms with van der Waals surface area (Å²) in [5, 5.41) is 12.8. The van der Waals surface area contributed by atoms with Crippen molar-refractivity contribution < 1.29 is 33.0 Å². The minimum absolute atomic E-state index is 0.0353. The Balaban J connectivity index is 2.59. The lowest BCUT2D eigenvalue weighted by atomic mass is 9.92. The minimum Gasteiger partial charge on any atom is -0.493 e. The number of aliphatic hydroxyl groups excluding tert-OH is 1. The lowest BCUT2D eigenvalue weighted by Crippen LogP contribution is -2.38. The molecule has 0 radical (unpaired) electrons. The van der Waals surface area contributed by atoms with E-state index >= 15 is 4.39 Å². The summed E-state index contributed by atoms with van der Waals surface area (Å²) in [6.45, 7) is 12.5. The molecule has 37 heavy (non-hydrogen) atoms. The number of amides is 1. The average molecular weight is 516 g/mol. The number of benzene rings is 2. The fourth-order valence-corrected chi connectivity index (χ4v) is 3.94. The van der Waals surface area contributed by atoms with Crippen molar-refractivity contribution in [1.82, 2.24) is 5.32 Å². The number of halogens is 2. The van der Waals surface area contributed by atoms with E-state index in [9.17, 15) is 19.1 Å². The van der Waals surface area contributed by atoms with Gasteiger partial charge in [0.15, 0.2) is 0 Å². The first-order valence-electron chi connectivity index (χ1n) is 12.2. The highest BCUT2D eigenvalue weighted by atomic mass is 19.1. The van der Waals surface area contributed by atoms with E-state index in [1.165, 1.54) is 18.2 Å². The number of rotatable bonds is 14. The Bertz CT molecular complexity index is 1130. The monoisotopic (exact) mass is 515 g/mol. The SMILES string of the molecule is C=CCCOc1cc(F)cc(C)c1-c1cc(C)c(F)c([C@H](CC(=O)OCC)NC(=O)[C@H](O)CCC=C)c1. The number of hydrogen-bond acceptors (Lipinski definition) is 5. The van der Waals surface area contributed by atoms with Gasteiger partial charge in [-0.25, -0.2) is 8.78 Å². The molecule has 1 amide bonds. The fraction of sp³-hybridized carbons (Fsp3) is 0.379. The number of nitrogens with one attached hydrogen (secondary N) is 1. The Labute approximate surface area is 217 Å². The van der Waals surface area contributed by atoms with E-state index in [1.807, 2.05) is 0 Å². The van der Waals surface area contributed by atoms with Crippen molar-refractivity contribution in [3.8, 4) is 16.9 Å². The largest absolute Gasteiger partial charge is 0.493 e. The maximum atomic E-state index is 15.5. The summed E-state index contributed by atoms with van der Waals surface area (Å²) in [7, 11) is 0. The molecule has 0 heterocycles. The molecule has 200 valence electrons. The van der Waals surface area contributed by atoms with Crippen LogP contribution in [0.5, 0.6) is 5.75 Å². The number of carbonyl (C=O) groups excluding carboxylic acids is 2. The Morgan fingerprint density at radius 1 is 1.08 bits per heavy atom. The van der Waals surface area contributed by atoms with Crippen LogP contribution >= 0.6 is 0 Å². The van der Waals surface area contributed by atoms with E-state index in [-0.39, 0.29) is 42.9 Å². The van der Waals surface area contributed by atoms with Gasteiger partial charge in [-0.15, -0.1) is 13.2 Å². The Morgan fingerprint density at radius 3 is 2.43 bits per heavy atom. The van der Waals surface area contributed by atoms with Crippen molar-refractivity contribution in [2.45, 2.75) is 58.6 Å². The molecule has 0 bridgehead atoms. The van der Waals surface area contributed by atoms with E-state index in [1.54, 1.807) is 39.0 Å². The van der Waals surface area contributed by atoms with E-state index in [0.717, 1.165) is 0 Å². The highest BCUT2D eigenvalue weighted by Gasteiger charge is 2.27. The van der Waals surface area contributed by atoms with Gasteiger partial charge in [0.25, 0.3) is 0 Å². The summed E-state index contributed by atoms with van der Waals surface area (Å²) in [5.74, 6) is -2.20. The van der Waals surface area contributed by atoms with Gasteiger partial charge in [0.05, 0.1) is 25.7 Å². The molecule has 8 heteroatoms. The topological polar surface area (TPSA) is 84.9 Å². The van der Waals surface area contributed by atoms with Crippen molar-refractivity contribution in [2.75, 3.05) is 13.2 Å². The first-order chi connectivity index (χ1) is 17.6. The number of ether oxygens (including phenoxy) is 2. The van der Waals surface area contributed by atoms with Crippen molar-refractivity contribution in [3.05, 3.63) is 77.9 Å². The molecule has 0 unspecified atom stereocenters. The zero-order valence-corrected chi connectivity index (χ0v) is 21.6. The van der Waals surface area contributed by atoms with Crippen LogP contribution in [-0.2, 0) is 14.3 Å². The molecule has 0 saturated carbocycles. The van der Waals surface area contributed by atoms with Crippen LogP contribution in [-0.4, -0.2) is 36.3 Å². The van der Waals surface area contributed by atoms with Gasteiger partial charge in [-0.3, -0.25) is 9.59 Å². The van der Waals surface area contributed by atoms with E-state index in [4.69, 9.17) is 9.47 Å². The van der Waals surface area contributed by atoms with Gasteiger partial charge in [0.1, 0.15) is 23.5 Å². The Morgan fingerprint density at radius 2 is 1.78 bits per heavy atom. The van der Waals surface area contributed by atoms with Gasteiger partial charge < -0.3 is 19.9 Å². The van der Waals surface area contributed by atoms with E-state index in [0.29, 0.717) is 29.5 Å². The summed E-state index contributed by atoms with van der Waals surface area (Å²) in [4.78, 5) is 25.0. The third kappa shape index (κ3) is 8.25. The average Bonchev–Trinajstić information content (AvgIpc) is 2.83. The molecule has 0 aromatic heterocycles. The van der Waals surface area contributed by atoms with Gasteiger partial charge in [-0.05, 0) is 74.9 Å². The van der Waals surface area contributed by atoms with Crippen molar-refractivity contribution >= 4 is 11.9 Å². The third-order valence-corrected chi connectivity index (χ3v) is 5.73. The number of carbonyl (C=O) groups is 2. The number of aliphatic hydroxyl groups is 1. The predicted molar refractivity (Wildman–Crippen MR) is 139 cm³/mol. The van der Waals surface area contributed by atoms with Crippen LogP contribution in [0.3, 0.4) is 0 Å². The Hall–Kier alpha value is -3.52. The molecule has 0 fully saturated rings. The van der Waals surface area contributed by atoms with Gasteiger partial charge in [0, 0.05) is 17.2 Å². The van der Waals surface area contributed by atoms with Crippen molar-refractivity contribution in [2.24, 2.45) is 0 Å². The van der Waals surface area contributed by atoms with Crippen molar-refractivity contribution in [1.29, 1.82) is 0 Å². The van der Waals surface area contributed by atoms with Crippen LogP contribution < -0.4 is 10.1 Å². The van der Waals surface area contributed by atoms with Gasteiger partial charge >= 0.3 is 5.97 Å². The van der Waals surface area contributed by atoms with Crippen LogP contribution in [0.4, 0.5) is 8.78 Å². The number of allylic oxidation sites excluding steroid dienone is 1. The first-order valence-corrected chi connectivity index (χ1v) is 12.2. The standard InChI is InChI=1S/C29H35F2NO5/c1-6-9-11-24(33)29(35)32-23(17-26(34)36-8-3)22-15-20(13-19(5)28(22)31)27-18(4)14-21(30)16-25(27)37-12-10-7-2/h6-7,13-16,23-24,33H,1-2,8-12,17H2,3-5H3,(H,32,35)/t23-,24+/m0/s1. The maximum Gasteiger partial charge on any atom is 0.308 e. The number of aryl methyl sites for hydroxylation is 2. The number of esters is 1. The maximum absolute atomic E-state index is 15.5. The molecule has 2 N–H and O–H groups in total. The third-order valence-electron chi connectivity index (χ3n) is 5.73. The quantitative estimate of drug-likeness (QED) is 0.193. The second-order valence-electron chi connectivity index (χ2n) is 8.67. The molecular weight excluding hydrogens is 480 g/mol. The summed E-state index contributed by atoms with van der Waals surface area (Å²) in [6, 6.07) is 4.60. The molecule has 6 nitrogen and oxygen atoms in total. The molecule has 2 aromatic rings. The lowest BCUT2D eigenvalue weighted by molar-refractivity contribution is -0.144. The minimum atomic E-state index is -1.36. The summed E-state index contributed by atoms with van der Waals surface area (Å²) in [5.41, 5.74) is 1.94. The zero-order chi connectivity index (χ0) is 27.5. The van der Waals surface area contributed by atoms with E-state index < -0.39 is 35.7 Å². The lowest BCUT2D eigenvalue weighted by Gasteiger charge is -2.23. The smallest absolute Gasteiger partial charge is 0.308 e. The Kier molecular flexibility index (Phi) is 11.5. The summed E-state index contributed by atoms with van der Waals surface area (Å²) < 4.78 is 40.5.